The first-order chi connectivity index (χ1) is 9.61. The zero-order valence-electron chi connectivity index (χ0n) is 12.9. The molecule has 20 heavy (non-hydrogen) atoms. The summed E-state index contributed by atoms with van der Waals surface area (Å²) in [7, 11) is 0. The molecule has 0 saturated heterocycles. The Bertz CT molecular complexity index is 422. The normalized spacial score (nSPS) is 22.8. The highest BCUT2D eigenvalue weighted by Gasteiger charge is 2.25. The number of hydrogen-bond donors (Lipinski definition) is 2. The van der Waals surface area contributed by atoms with Gasteiger partial charge in [-0.25, -0.2) is 0 Å². The van der Waals surface area contributed by atoms with Gasteiger partial charge in [0.25, 0.3) is 0 Å². The summed E-state index contributed by atoms with van der Waals surface area (Å²) in [5.74, 6) is 0.955. The molecule has 2 unspecified atom stereocenters. The van der Waals surface area contributed by atoms with Gasteiger partial charge in [0.1, 0.15) is 11.9 Å². The van der Waals surface area contributed by atoms with Crippen LogP contribution >= 0.6 is 0 Å². The Morgan fingerprint density at radius 1 is 1.20 bits per heavy atom. The predicted molar refractivity (Wildman–Crippen MR) is 82.2 cm³/mol. The summed E-state index contributed by atoms with van der Waals surface area (Å²) in [5, 5.41) is 13.4. The lowest BCUT2D eigenvalue weighted by atomic mass is 9.94. The minimum Gasteiger partial charge on any atom is -0.487 e. The number of aryl methyl sites for hydroxylation is 2. The monoisotopic (exact) mass is 277 g/mol. The minimum atomic E-state index is -0.316. The molecule has 1 aliphatic rings. The van der Waals surface area contributed by atoms with E-state index < -0.39 is 0 Å². The first-order valence-corrected chi connectivity index (χ1v) is 7.77. The fraction of sp³-hybridized carbons (Fsp3) is 0.647. The van der Waals surface area contributed by atoms with Crippen molar-refractivity contribution in [2.24, 2.45) is 0 Å². The highest BCUT2D eigenvalue weighted by molar-refractivity contribution is 5.43. The molecule has 1 aromatic carbocycles. The zero-order valence-corrected chi connectivity index (χ0v) is 12.9. The van der Waals surface area contributed by atoms with E-state index in [0.29, 0.717) is 0 Å². The van der Waals surface area contributed by atoms with Gasteiger partial charge in [-0.05, 0) is 56.3 Å². The van der Waals surface area contributed by atoms with Crippen molar-refractivity contribution < 1.29 is 9.84 Å². The Balaban J connectivity index is 2.11. The van der Waals surface area contributed by atoms with Crippen LogP contribution in [0.1, 0.15) is 49.3 Å². The summed E-state index contributed by atoms with van der Waals surface area (Å²) in [6, 6.07) is 4.36. The molecule has 2 atom stereocenters. The highest BCUT2D eigenvalue weighted by atomic mass is 16.5. The fourth-order valence-corrected chi connectivity index (χ4v) is 2.96. The molecule has 3 heteroatoms. The Morgan fingerprint density at radius 2 is 1.85 bits per heavy atom. The van der Waals surface area contributed by atoms with Crippen molar-refractivity contribution in [3.05, 3.63) is 28.8 Å². The van der Waals surface area contributed by atoms with Gasteiger partial charge in [0.05, 0.1) is 6.10 Å². The van der Waals surface area contributed by atoms with Crippen LogP contribution in [0.3, 0.4) is 0 Å². The van der Waals surface area contributed by atoms with E-state index in [-0.39, 0.29) is 12.2 Å². The standard InChI is InChI=1S/C17H27NO2/c1-4-18-11-14-9-12(2)17(13(3)10-14)20-16-8-6-5-7-15(16)19/h9-10,15-16,18-19H,4-8,11H2,1-3H3. The quantitative estimate of drug-likeness (QED) is 0.869. The summed E-state index contributed by atoms with van der Waals surface area (Å²) >= 11 is 0. The van der Waals surface area contributed by atoms with E-state index in [1.54, 1.807) is 0 Å². The van der Waals surface area contributed by atoms with Crippen LogP contribution < -0.4 is 10.1 Å². The molecule has 112 valence electrons. The average molecular weight is 277 g/mol. The van der Waals surface area contributed by atoms with Gasteiger partial charge in [0.15, 0.2) is 0 Å². The van der Waals surface area contributed by atoms with Gasteiger partial charge in [0.2, 0.25) is 0 Å². The van der Waals surface area contributed by atoms with E-state index in [0.717, 1.165) is 55.6 Å². The van der Waals surface area contributed by atoms with E-state index in [2.05, 4.69) is 38.2 Å². The van der Waals surface area contributed by atoms with Crippen LogP contribution in [-0.4, -0.2) is 23.9 Å². The second-order valence-corrected chi connectivity index (χ2v) is 5.85. The molecule has 2 rings (SSSR count). The number of rotatable bonds is 5. The zero-order chi connectivity index (χ0) is 14.5. The number of hydrogen-bond acceptors (Lipinski definition) is 3. The molecule has 0 radical (unpaired) electrons. The number of benzene rings is 1. The first-order valence-electron chi connectivity index (χ1n) is 7.77. The molecule has 0 amide bonds. The van der Waals surface area contributed by atoms with Gasteiger partial charge < -0.3 is 15.2 Å². The van der Waals surface area contributed by atoms with Gasteiger partial charge in [-0.1, -0.05) is 25.5 Å². The summed E-state index contributed by atoms with van der Waals surface area (Å²) in [5.41, 5.74) is 3.62. The molecule has 1 fully saturated rings. The second-order valence-electron chi connectivity index (χ2n) is 5.85. The molecule has 3 nitrogen and oxygen atoms in total. The minimum absolute atomic E-state index is 0.0410. The molecule has 0 heterocycles. The summed E-state index contributed by atoms with van der Waals surface area (Å²) in [4.78, 5) is 0. The maximum absolute atomic E-state index is 10.0. The van der Waals surface area contributed by atoms with Gasteiger partial charge in [-0.3, -0.25) is 0 Å². The van der Waals surface area contributed by atoms with E-state index in [9.17, 15) is 5.11 Å². The van der Waals surface area contributed by atoms with Gasteiger partial charge >= 0.3 is 0 Å². The third-order valence-electron chi connectivity index (χ3n) is 4.04. The lowest BCUT2D eigenvalue weighted by Gasteiger charge is -2.29. The smallest absolute Gasteiger partial charge is 0.125 e. The summed E-state index contributed by atoms with van der Waals surface area (Å²) in [6.45, 7) is 8.16. The van der Waals surface area contributed by atoms with Crippen molar-refractivity contribution in [2.75, 3.05) is 6.54 Å². The average Bonchev–Trinajstić information content (AvgIpc) is 2.42. The van der Waals surface area contributed by atoms with E-state index in [1.165, 1.54) is 5.56 Å². The molecule has 0 aromatic heterocycles. The number of ether oxygens (including phenoxy) is 1. The van der Waals surface area contributed by atoms with Gasteiger partial charge in [-0.15, -0.1) is 0 Å². The van der Waals surface area contributed by atoms with Crippen LogP contribution in [0.25, 0.3) is 0 Å². The van der Waals surface area contributed by atoms with Gasteiger partial charge in [0, 0.05) is 6.54 Å². The lowest BCUT2D eigenvalue weighted by molar-refractivity contribution is 0.00620. The summed E-state index contributed by atoms with van der Waals surface area (Å²) in [6.07, 6.45) is 3.73. The molecule has 0 aliphatic heterocycles. The summed E-state index contributed by atoms with van der Waals surface area (Å²) < 4.78 is 6.12. The van der Waals surface area contributed by atoms with Crippen molar-refractivity contribution in [3.8, 4) is 5.75 Å². The van der Waals surface area contributed by atoms with Crippen LogP contribution in [0.5, 0.6) is 5.75 Å². The second kappa shape index (κ2) is 7.09. The Labute approximate surface area is 122 Å². The molecule has 1 saturated carbocycles. The number of aliphatic hydroxyl groups excluding tert-OH is 1. The fourth-order valence-electron chi connectivity index (χ4n) is 2.96. The van der Waals surface area contributed by atoms with Crippen LogP contribution in [-0.2, 0) is 6.54 Å². The SMILES string of the molecule is CCNCc1cc(C)c(OC2CCCCC2O)c(C)c1. The van der Waals surface area contributed by atoms with Crippen molar-refractivity contribution in [1.82, 2.24) is 5.32 Å². The number of nitrogens with one attached hydrogen (secondary N) is 1. The predicted octanol–water partition coefficient (Wildman–Crippen LogP) is 3.10. The molecular formula is C17H27NO2. The molecule has 0 spiro atoms. The first kappa shape index (κ1) is 15.3. The van der Waals surface area contributed by atoms with Crippen LogP contribution in [0.2, 0.25) is 0 Å². The van der Waals surface area contributed by atoms with Crippen LogP contribution in [0, 0.1) is 13.8 Å². The van der Waals surface area contributed by atoms with E-state index in [1.807, 2.05) is 0 Å². The van der Waals surface area contributed by atoms with Crippen molar-refractivity contribution in [3.63, 3.8) is 0 Å². The molecular weight excluding hydrogens is 250 g/mol. The molecule has 2 N–H and O–H groups in total. The topological polar surface area (TPSA) is 41.5 Å². The third-order valence-corrected chi connectivity index (χ3v) is 4.04. The Morgan fingerprint density at radius 3 is 2.45 bits per heavy atom. The Hall–Kier alpha value is -1.06. The largest absolute Gasteiger partial charge is 0.487 e. The van der Waals surface area contributed by atoms with Crippen molar-refractivity contribution in [1.29, 1.82) is 0 Å². The Kier molecular flexibility index (Phi) is 5.44. The van der Waals surface area contributed by atoms with E-state index >= 15 is 0 Å². The molecule has 0 bridgehead atoms. The number of aliphatic hydroxyl groups is 1. The van der Waals surface area contributed by atoms with E-state index in [4.69, 9.17) is 4.74 Å². The molecule has 1 aliphatic carbocycles. The lowest BCUT2D eigenvalue weighted by Crippen LogP contribution is -2.35. The molecule has 1 aromatic rings. The van der Waals surface area contributed by atoms with Crippen LogP contribution in [0.15, 0.2) is 12.1 Å². The maximum Gasteiger partial charge on any atom is 0.125 e. The van der Waals surface area contributed by atoms with Gasteiger partial charge in [-0.2, -0.15) is 0 Å². The van der Waals surface area contributed by atoms with Crippen molar-refractivity contribution >= 4 is 0 Å². The highest BCUT2D eigenvalue weighted by Crippen LogP contribution is 2.30. The van der Waals surface area contributed by atoms with Crippen LogP contribution in [0.4, 0.5) is 0 Å². The maximum atomic E-state index is 10.0. The van der Waals surface area contributed by atoms with Crippen molar-refractivity contribution in [2.45, 2.75) is 65.2 Å². The third kappa shape index (κ3) is 3.74.